The van der Waals surface area contributed by atoms with E-state index in [0.717, 1.165) is 5.57 Å². The molecule has 0 saturated carbocycles. The first kappa shape index (κ1) is 21.9. The van der Waals surface area contributed by atoms with Gasteiger partial charge in [0, 0.05) is 25.8 Å². The maximum absolute atomic E-state index is 12.9. The van der Waals surface area contributed by atoms with Gasteiger partial charge in [0.2, 0.25) is 5.91 Å². The first-order valence-electron chi connectivity index (χ1n) is 9.22. The van der Waals surface area contributed by atoms with Crippen molar-refractivity contribution in [3.8, 4) is 0 Å². The van der Waals surface area contributed by atoms with Gasteiger partial charge in [0.05, 0.1) is 19.1 Å². The van der Waals surface area contributed by atoms with Gasteiger partial charge in [-0.05, 0) is 46.3 Å². The average Bonchev–Trinajstić information content (AvgIpc) is 2.76. The number of esters is 1. The van der Waals surface area contributed by atoms with Crippen molar-refractivity contribution in [2.24, 2.45) is 5.41 Å². The summed E-state index contributed by atoms with van der Waals surface area (Å²) >= 11 is 0. The van der Waals surface area contributed by atoms with Gasteiger partial charge < -0.3 is 24.4 Å². The zero-order valence-electron chi connectivity index (χ0n) is 17.7. The molecule has 1 aliphatic carbocycles. The molecular weight excluding hydrogens is 364 g/mol. The molecule has 0 radical (unpaired) electrons. The number of fused-ring (bicyclic) bond motifs is 1. The number of hydrogen-bond donors (Lipinski definition) is 1. The molecule has 2 amide bonds. The first-order chi connectivity index (χ1) is 12.9. The lowest BCUT2D eigenvalue weighted by atomic mass is 9.78. The Balaban J connectivity index is 2.46. The second-order valence-electron chi connectivity index (χ2n) is 8.52. The molecule has 0 aromatic rings. The number of rotatable bonds is 5. The minimum absolute atomic E-state index is 0.0833. The molecule has 28 heavy (non-hydrogen) atoms. The fraction of sp³-hybridized carbons (Fsp3) is 0.650. The monoisotopic (exact) mass is 394 g/mol. The van der Waals surface area contributed by atoms with Crippen LogP contribution in [-0.2, 0) is 23.8 Å². The molecule has 1 heterocycles. The lowest BCUT2D eigenvalue weighted by Crippen LogP contribution is -2.55. The number of nitrogens with zero attached hydrogens (tertiary/aromatic N) is 1. The molecule has 1 N–H and O–H groups in total. The number of ether oxygens (including phenoxy) is 3. The molecule has 0 aromatic heterocycles. The Morgan fingerprint density at radius 3 is 2.43 bits per heavy atom. The molecule has 8 heteroatoms. The van der Waals surface area contributed by atoms with E-state index in [2.05, 4.69) is 5.32 Å². The highest BCUT2D eigenvalue weighted by atomic mass is 16.6. The molecule has 2 aliphatic rings. The van der Waals surface area contributed by atoms with Crippen molar-refractivity contribution in [2.45, 2.75) is 52.2 Å². The van der Waals surface area contributed by atoms with Crippen LogP contribution in [0, 0.1) is 5.41 Å². The third kappa shape index (κ3) is 4.06. The summed E-state index contributed by atoms with van der Waals surface area (Å²) in [7, 11) is 2.81. The van der Waals surface area contributed by atoms with Gasteiger partial charge in [0.1, 0.15) is 5.60 Å². The van der Waals surface area contributed by atoms with Gasteiger partial charge in [-0.15, -0.1) is 0 Å². The molecule has 1 saturated heterocycles. The van der Waals surface area contributed by atoms with Crippen molar-refractivity contribution in [3.05, 3.63) is 23.4 Å². The van der Waals surface area contributed by atoms with Gasteiger partial charge >= 0.3 is 12.1 Å². The van der Waals surface area contributed by atoms with Crippen LogP contribution in [0.3, 0.4) is 0 Å². The number of nitrogens with one attached hydrogen (secondary N) is 1. The van der Waals surface area contributed by atoms with Crippen LogP contribution >= 0.6 is 0 Å². The maximum atomic E-state index is 12.9. The molecule has 1 atom stereocenters. The van der Waals surface area contributed by atoms with E-state index in [1.54, 1.807) is 38.9 Å². The standard InChI is InChI=1S/C20H30N2O6/c1-18(2,3)28-17(25)21-20(16(24)27-7)9-8-13-14(12-20)22(10-11-26-6)15(23)19(13,4)5/h8,12H,9-11H2,1-7H3,(H,21,25). The summed E-state index contributed by atoms with van der Waals surface area (Å²) in [4.78, 5) is 39.6. The number of hydrogen-bond acceptors (Lipinski definition) is 6. The van der Waals surface area contributed by atoms with Crippen molar-refractivity contribution in [3.63, 3.8) is 0 Å². The third-order valence-corrected chi connectivity index (χ3v) is 4.82. The smallest absolute Gasteiger partial charge is 0.408 e. The number of likely N-dealkylation sites (tertiary alicyclic amines) is 1. The highest BCUT2D eigenvalue weighted by Crippen LogP contribution is 2.46. The predicted molar refractivity (Wildman–Crippen MR) is 102 cm³/mol. The van der Waals surface area contributed by atoms with E-state index < -0.39 is 28.6 Å². The van der Waals surface area contributed by atoms with Gasteiger partial charge in [-0.25, -0.2) is 9.59 Å². The second kappa shape index (κ2) is 7.58. The van der Waals surface area contributed by atoms with Crippen LogP contribution in [0.4, 0.5) is 4.79 Å². The van der Waals surface area contributed by atoms with Crippen molar-refractivity contribution < 1.29 is 28.6 Å². The Bertz CT molecular complexity index is 731. The van der Waals surface area contributed by atoms with E-state index in [4.69, 9.17) is 14.2 Å². The third-order valence-electron chi connectivity index (χ3n) is 4.82. The molecule has 8 nitrogen and oxygen atoms in total. The summed E-state index contributed by atoms with van der Waals surface area (Å²) in [6.07, 6.45) is 2.83. The summed E-state index contributed by atoms with van der Waals surface area (Å²) in [6.45, 7) is 9.57. The molecule has 2 rings (SSSR count). The van der Waals surface area contributed by atoms with Crippen LogP contribution in [0.1, 0.15) is 41.0 Å². The highest BCUT2D eigenvalue weighted by molar-refractivity contribution is 5.96. The summed E-state index contributed by atoms with van der Waals surface area (Å²) in [6, 6.07) is 0. The average molecular weight is 394 g/mol. The second-order valence-corrected chi connectivity index (χ2v) is 8.52. The number of carbonyl (C=O) groups excluding carboxylic acids is 3. The number of carbonyl (C=O) groups is 3. The number of allylic oxidation sites excluding steroid dienone is 1. The van der Waals surface area contributed by atoms with E-state index in [-0.39, 0.29) is 12.3 Å². The summed E-state index contributed by atoms with van der Waals surface area (Å²) < 4.78 is 15.4. The minimum Gasteiger partial charge on any atom is -0.467 e. The lowest BCUT2D eigenvalue weighted by Gasteiger charge is -2.34. The van der Waals surface area contributed by atoms with Crippen molar-refractivity contribution in [1.29, 1.82) is 0 Å². The fourth-order valence-electron chi connectivity index (χ4n) is 3.45. The van der Waals surface area contributed by atoms with Crippen molar-refractivity contribution in [2.75, 3.05) is 27.4 Å². The van der Waals surface area contributed by atoms with Gasteiger partial charge in [-0.3, -0.25) is 4.79 Å². The SMILES string of the molecule is COCCN1C(=O)C(C)(C)C2=CCC(NC(=O)OC(C)(C)C)(C(=O)OC)C=C21. The van der Waals surface area contributed by atoms with Crippen LogP contribution in [0.5, 0.6) is 0 Å². The van der Waals surface area contributed by atoms with E-state index in [9.17, 15) is 14.4 Å². The number of amides is 2. The fourth-order valence-corrected chi connectivity index (χ4v) is 3.45. The van der Waals surface area contributed by atoms with Crippen molar-refractivity contribution >= 4 is 18.0 Å². The molecule has 0 spiro atoms. The summed E-state index contributed by atoms with van der Waals surface area (Å²) in [5, 5.41) is 2.65. The zero-order chi connectivity index (χ0) is 21.3. The number of methoxy groups -OCH3 is 2. The molecule has 1 fully saturated rings. The summed E-state index contributed by atoms with van der Waals surface area (Å²) in [5.41, 5.74) is -1.51. The Labute approximate surface area is 165 Å². The largest absolute Gasteiger partial charge is 0.467 e. The van der Waals surface area contributed by atoms with E-state index in [1.807, 2.05) is 19.9 Å². The zero-order valence-corrected chi connectivity index (χ0v) is 17.7. The Morgan fingerprint density at radius 1 is 1.25 bits per heavy atom. The van der Waals surface area contributed by atoms with Crippen LogP contribution in [-0.4, -0.2) is 61.4 Å². The first-order valence-corrected chi connectivity index (χ1v) is 9.22. The van der Waals surface area contributed by atoms with Crippen molar-refractivity contribution in [1.82, 2.24) is 10.2 Å². The van der Waals surface area contributed by atoms with Crippen LogP contribution < -0.4 is 5.32 Å². The number of alkyl carbamates (subject to hydrolysis) is 1. The predicted octanol–water partition coefficient (Wildman–Crippen LogP) is 2.15. The van der Waals surface area contributed by atoms with Crippen LogP contribution in [0.15, 0.2) is 23.4 Å². The molecule has 1 aliphatic heterocycles. The van der Waals surface area contributed by atoms with Crippen LogP contribution in [0.2, 0.25) is 0 Å². The quantitative estimate of drug-likeness (QED) is 0.718. The summed E-state index contributed by atoms with van der Waals surface area (Å²) in [5.74, 6) is -0.718. The van der Waals surface area contributed by atoms with E-state index >= 15 is 0 Å². The van der Waals surface area contributed by atoms with E-state index in [0.29, 0.717) is 18.8 Å². The minimum atomic E-state index is -1.46. The van der Waals surface area contributed by atoms with Crippen LogP contribution in [0.25, 0.3) is 0 Å². The molecule has 156 valence electrons. The van der Waals surface area contributed by atoms with E-state index in [1.165, 1.54) is 7.11 Å². The molecule has 0 aromatic carbocycles. The highest BCUT2D eigenvalue weighted by Gasteiger charge is 2.52. The van der Waals surface area contributed by atoms with Gasteiger partial charge in [-0.1, -0.05) is 6.08 Å². The Hall–Kier alpha value is -2.35. The Morgan fingerprint density at radius 2 is 1.89 bits per heavy atom. The van der Waals surface area contributed by atoms with Gasteiger partial charge in [0.15, 0.2) is 5.54 Å². The van der Waals surface area contributed by atoms with Gasteiger partial charge in [0.25, 0.3) is 0 Å². The molecule has 1 unspecified atom stereocenters. The molecule has 0 bridgehead atoms. The molecular formula is C20H30N2O6. The maximum Gasteiger partial charge on any atom is 0.408 e. The lowest BCUT2D eigenvalue weighted by molar-refractivity contribution is -0.146. The topological polar surface area (TPSA) is 94.2 Å². The Kier molecular flexibility index (Phi) is 5.94. The van der Waals surface area contributed by atoms with Gasteiger partial charge in [-0.2, -0.15) is 0 Å². The normalized spacial score (nSPS) is 23.5.